The Kier molecular flexibility index (Phi) is 3.69. The highest BCUT2D eigenvalue weighted by Crippen LogP contribution is 2.37. The zero-order chi connectivity index (χ0) is 15.0. The minimum Gasteiger partial charge on any atom is -0.340 e. The van der Waals surface area contributed by atoms with Gasteiger partial charge in [-0.15, -0.1) is 11.8 Å². The van der Waals surface area contributed by atoms with Crippen molar-refractivity contribution >= 4 is 29.3 Å². The number of nitrogens with one attached hydrogen (secondary N) is 1. The van der Waals surface area contributed by atoms with Gasteiger partial charge in [0, 0.05) is 10.6 Å². The molecule has 0 bridgehead atoms. The van der Waals surface area contributed by atoms with Crippen molar-refractivity contribution in [3.63, 3.8) is 0 Å². The van der Waals surface area contributed by atoms with Crippen molar-refractivity contribution in [3.8, 4) is 0 Å². The van der Waals surface area contributed by atoms with Crippen LogP contribution < -0.4 is 10.2 Å². The third-order valence-corrected chi connectivity index (χ3v) is 5.27. The van der Waals surface area contributed by atoms with Crippen molar-refractivity contribution in [3.05, 3.63) is 24.3 Å². The topological polar surface area (TPSA) is 49.4 Å². The van der Waals surface area contributed by atoms with E-state index in [0.717, 1.165) is 36.3 Å². The van der Waals surface area contributed by atoms with Crippen LogP contribution in [0.15, 0.2) is 29.2 Å². The summed E-state index contributed by atoms with van der Waals surface area (Å²) in [5.41, 5.74) is 0.152. The Morgan fingerprint density at radius 2 is 2.00 bits per heavy atom. The van der Waals surface area contributed by atoms with E-state index in [1.165, 1.54) is 0 Å². The Labute approximate surface area is 129 Å². The molecule has 5 heteroatoms. The molecule has 1 aromatic rings. The van der Waals surface area contributed by atoms with Gasteiger partial charge < -0.3 is 5.32 Å². The fraction of sp³-hybridized carbons (Fsp3) is 0.500. The van der Waals surface area contributed by atoms with Gasteiger partial charge >= 0.3 is 0 Å². The van der Waals surface area contributed by atoms with Gasteiger partial charge in [0.25, 0.3) is 5.91 Å². The molecule has 2 fully saturated rings. The summed E-state index contributed by atoms with van der Waals surface area (Å²) in [4.78, 5) is 28.1. The predicted molar refractivity (Wildman–Crippen MR) is 84.5 cm³/mol. The lowest BCUT2D eigenvalue weighted by molar-refractivity contribution is -0.137. The standard InChI is InChI=1S/C16H20N2O2S/c1-11-14(19)17-16(8-3-4-9-16)15(20)18(11)12-6-5-7-13(10-12)21-2/h5-7,10-11H,3-4,8-9H2,1-2H3,(H,17,19). The molecular formula is C16H20N2O2S. The molecule has 4 nitrogen and oxygen atoms in total. The van der Waals surface area contributed by atoms with Gasteiger partial charge in [-0.3, -0.25) is 14.5 Å². The van der Waals surface area contributed by atoms with E-state index in [-0.39, 0.29) is 11.8 Å². The highest BCUT2D eigenvalue weighted by atomic mass is 32.2. The van der Waals surface area contributed by atoms with Crippen LogP contribution in [0.5, 0.6) is 0 Å². The van der Waals surface area contributed by atoms with Crippen LogP contribution in [0, 0.1) is 0 Å². The highest BCUT2D eigenvalue weighted by molar-refractivity contribution is 7.98. The van der Waals surface area contributed by atoms with E-state index >= 15 is 0 Å². The van der Waals surface area contributed by atoms with Crippen LogP contribution in [0.25, 0.3) is 0 Å². The van der Waals surface area contributed by atoms with Crippen LogP contribution in [0.1, 0.15) is 32.6 Å². The number of carbonyl (C=O) groups excluding carboxylic acids is 2. The first-order valence-electron chi connectivity index (χ1n) is 7.37. The molecule has 1 N–H and O–H groups in total. The number of thioether (sulfide) groups is 1. The summed E-state index contributed by atoms with van der Waals surface area (Å²) in [5.74, 6) is -0.00333. The second-order valence-electron chi connectivity index (χ2n) is 5.83. The van der Waals surface area contributed by atoms with Gasteiger partial charge in [0.05, 0.1) is 0 Å². The van der Waals surface area contributed by atoms with Crippen molar-refractivity contribution in [1.82, 2.24) is 5.32 Å². The van der Waals surface area contributed by atoms with Gasteiger partial charge in [0.1, 0.15) is 11.6 Å². The average molecular weight is 304 g/mol. The number of piperazine rings is 1. The maximum absolute atomic E-state index is 13.0. The number of amides is 2. The molecular weight excluding hydrogens is 284 g/mol. The van der Waals surface area contributed by atoms with Gasteiger partial charge in [-0.05, 0) is 44.2 Å². The first kappa shape index (κ1) is 14.4. The number of anilines is 1. The Balaban J connectivity index is 2.01. The van der Waals surface area contributed by atoms with Gasteiger partial charge in [-0.2, -0.15) is 0 Å². The Bertz CT molecular complexity index is 581. The molecule has 1 saturated carbocycles. The Morgan fingerprint density at radius 3 is 2.67 bits per heavy atom. The van der Waals surface area contributed by atoms with Gasteiger partial charge in [0.15, 0.2) is 0 Å². The van der Waals surface area contributed by atoms with Crippen molar-refractivity contribution in [1.29, 1.82) is 0 Å². The highest BCUT2D eigenvalue weighted by Gasteiger charge is 2.51. The largest absolute Gasteiger partial charge is 0.340 e. The lowest BCUT2D eigenvalue weighted by Gasteiger charge is -2.43. The van der Waals surface area contributed by atoms with Crippen molar-refractivity contribution in [2.24, 2.45) is 0 Å². The molecule has 1 unspecified atom stereocenters. The lowest BCUT2D eigenvalue weighted by atomic mass is 9.90. The summed E-state index contributed by atoms with van der Waals surface area (Å²) >= 11 is 1.64. The fourth-order valence-corrected chi connectivity index (χ4v) is 3.79. The first-order valence-corrected chi connectivity index (χ1v) is 8.60. The van der Waals surface area contributed by atoms with Crippen LogP contribution in [-0.4, -0.2) is 29.7 Å². The van der Waals surface area contributed by atoms with E-state index in [2.05, 4.69) is 5.32 Å². The molecule has 2 aliphatic rings. The summed E-state index contributed by atoms with van der Waals surface area (Å²) in [5, 5.41) is 2.98. The van der Waals surface area contributed by atoms with E-state index in [9.17, 15) is 9.59 Å². The molecule has 2 amide bonds. The molecule has 1 saturated heterocycles. The zero-order valence-electron chi connectivity index (χ0n) is 12.4. The molecule has 1 spiro atoms. The average Bonchev–Trinajstić information content (AvgIpc) is 2.95. The van der Waals surface area contributed by atoms with E-state index in [1.54, 1.807) is 23.6 Å². The van der Waals surface area contributed by atoms with Gasteiger partial charge in [-0.1, -0.05) is 18.9 Å². The van der Waals surface area contributed by atoms with Crippen molar-refractivity contribution < 1.29 is 9.59 Å². The molecule has 1 aromatic carbocycles. The van der Waals surface area contributed by atoms with Crippen LogP contribution >= 0.6 is 11.8 Å². The lowest BCUT2D eigenvalue weighted by Crippen LogP contribution is -2.69. The molecule has 112 valence electrons. The monoisotopic (exact) mass is 304 g/mol. The number of rotatable bonds is 2. The Hall–Kier alpha value is -1.49. The van der Waals surface area contributed by atoms with E-state index in [1.807, 2.05) is 30.5 Å². The smallest absolute Gasteiger partial charge is 0.253 e. The molecule has 1 aliphatic carbocycles. The SMILES string of the molecule is CSc1cccc(N2C(=O)C3(CCCC3)NC(=O)C2C)c1. The van der Waals surface area contributed by atoms with Crippen LogP contribution in [0.4, 0.5) is 5.69 Å². The summed E-state index contributed by atoms with van der Waals surface area (Å²) in [6.45, 7) is 1.79. The molecule has 0 radical (unpaired) electrons. The van der Waals surface area contributed by atoms with Crippen LogP contribution in [-0.2, 0) is 9.59 Å². The number of hydrogen-bond acceptors (Lipinski definition) is 3. The van der Waals surface area contributed by atoms with E-state index in [0.29, 0.717) is 0 Å². The predicted octanol–water partition coefficient (Wildman–Crippen LogP) is 2.57. The minimum atomic E-state index is -0.668. The normalized spacial score (nSPS) is 24.5. The zero-order valence-corrected chi connectivity index (χ0v) is 13.2. The molecule has 21 heavy (non-hydrogen) atoms. The van der Waals surface area contributed by atoms with Crippen LogP contribution in [0.2, 0.25) is 0 Å². The van der Waals surface area contributed by atoms with Crippen molar-refractivity contribution in [2.45, 2.75) is 49.1 Å². The number of carbonyl (C=O) groups is 2. The molecule has 3 rings (SSSR count). The second kappa shape index (κ2) is 5.37. The number of hydrogen-bond donors (Lipinski definition) is 1. The summed E-state index contributed by atoms with van der Waals surface area (Å²) in [7, 11) is 0. The first-order chi connectivity index (χ1) is 10.1. The van der Waals surface area contributed by atoms with Gasteiger partial charge in [0.2, 0.25) is 5.91 Å². The third kappa shape index (κ3) is 2.33. The summed E-state index contributed by atoms with van der Waals surface area (Å²) in [6.07, 6.45) is 5.51. The maximum Gasteiger partial charge on any atom is 0.253 e. The quantitative estimate of drug-likeness (QED) is 0.854. The number of nitrogens with zero attached hydrogens (tertiary/aromatic N) is 1. The fourth-order valence-electron chi connectivity index (χ4n) is 3.34. The summed E-state index contributed by atoms with van der Waals surface area (Å²) < 4.78 is 0. The van der Waals surface area contributed by atoms with E-state index in [4.69, 9.17) is 0 Å². The second-order valence-corrected chi connectivity index (χ2v) is 6.71. The molecule has 1 heterocycles. The molecule has 0 aromatic heterocycles. The third-order valence-electron chi connectivity index (χ3n) is 4.55. The Morgan fingerprint density at radius 1 is 1.29 bits per heavy atom. The number of benzene rings is 1. The van der Waals surface area contributed by atoms with Crippen molar-refractivity contribution in [2.75, 3.05) is 11.2 Å². The summed E-state index contributed by atoms with van der Waals surface area (Å²) in [6, 6.07) is 7.39. The minimum absolute atomic E-state index is 0.0466. The molecule has 1 atom stereocenters. The van der Waals surface area contributed by atoms with Crippen LogP contribution in [0.3, 0.4) is 0 Å². The van der Waals surface area contributed by atoms with Gasteiger partial charge in [-0.25, -0.2) is 0 Å². The maximum atomic E-state index is 13.0. The molecule has 1 aliphatic heterocycles. The van der Waals surface area contributed by atoms with E-state index < -0.39 is 11.6 Å².